The minimum Gasteiger partial charge on any atom is -0.373 e. The Morgan fingerprint density at radius 1 is 1.21 bits per heavy atom. The van der Waals surface area contributed by atoms with E-state index < -0.39 is 0 Å². The molecule has 0 amide bonds. The number of nitrogens with zero attached hydrogens (tertiary/aromatic N) is 2. The van der Waals surface area contributed by atoms with Gasteiger partial charge in [0.15, 0.2) is 0 Å². The molecule has 100 valence electrons. The van der Waals surface area contributed by atoms with Gasteiger partial charge in [0.25, 0.3) is 0 Å². The van der Waals surface area contributed by atoms with Gasteiger partial charge in [-0.3, -0.25) is 4.98 Å². The Balaban J connectivity index is 2.10. The standard InChI is InChI=1S/C15H18ClN3/c1-19(10-8-13-6-2-3-9-18-13)15-12(11-17)5-4-7-14(15)16/h2-7,9H,8,10-11,17H2,1H3. The van der Waals surface area contributed by atoms with Crippen LogP contribution < -0.4 is 10.6 Å². The molecular weight excluding hydrogens is 258 g/mol. The van der Waals surface area contributed by atoms with Crippen LogP contribution in [-0.4, -0.2) is 18.6 Å². The van der Waals surface area contributed by atoms with E-state index in [0.29, 0.717) is 6.54 Å². The molecule has 0 saturated carbocycles. The maximum Gasteiger partial charge on any atom is 0.0642 e. The quantitative estimate of drug-likeness (QED) is 0.912. The number of hydrogen-bond acceptors (Lipinski definition) is 3. The van der Waals surface area contributed by atoms with Gasteiger partial charge < -0.3 is 10.6 Å². The molecule has 3 nitrogen and oxygen atoms in total. The van der Waals surface area contributed by atoms with Crippen LogP contribution in [0.25, 0.3) is 0 Å². The Bertz CT molecular complexity index is 528. The van der Waals surface area contributed by atoms with E-state index in [0.717, 1.165) is 34.9 Å². The topological polar surface area (TPSA) is 42.2 Å². The summed E-state index contributed by atoms with van der Waals surface area (Å²) in [6, 6.07) is 11.8. The molecule has 2 aromatic rings. The van der Waals surface area contributed by atoms with Gasteiger partial charge in [0.05, 0.1) is 10.7 Å². The predicted octanol–water partition coefficient (Wildman–Crippen LogP) is 2.87. The van der Waals surface area contributed by atoms with Crippen LogP contribution in [0.3, 0.4) is 0 Å². The second-order valence-electron chi connectivity index (χ2n) is 4.44. The summed E-state index contributed by atoms with van der Waals surface area (Å²) in [5.41, 5.74) is 8.93. The molecule has 1 aromatic heterocycles. The van der Waals surface area contributed by atoms with Gasteiger partial charge in [0.1, 0.15) is 0 Å². The summed E-state index contributed by atoms with van der Waals surface area (Å²) in [5.74, 6) is 0. The van der Waals surface area contributed by atoms with E-state index in [2.05, 4.69) is 9.88 Å². The molecule has 2 rings (SSSR count). The number of hydrogen-bond donors (Lipinski definition) is 1. The van der Waals surface area contributed by atoms with Crippen molar-refractivity contribution < 1.29 is 0 Å². The Hall–Kier alpha value is -1.58. The van der Waals surface area contributed by atoms with Gasteiger partial charge in [-0.2, -0.15) is 0 Å². The van der Waals surface area contributed by atoms with Gasteiger partial charge in [0, 0.05) is 38.4 Å². The smallest absolute Gasteiger partial charge is 0.0642 e. The highest BCUT2D eigenvalue weighted by molar-refractivity contribution is 6.33. The average molecular weight is 276 g/mol. The van der Waals surface area contributed by atoms with Crippen molar-refractivity contribution in [3.8, 4) is 0 Å². The molecule has 0 unspecified atom stereocenters. The molecule has 1 aromatic carbocycles. The van der Waals surface area contributed by atoms with Gasteiger partial charge in [0.2, 0.25) is 0 Å². The first-order valence-corrected chi connectivity index (χ1v) is 6.68. The Kier molecular flexibility index (Phi) is 4.77. The Morgan fingerprint density at radius 3 is 2.74 bits per heavy atom. The van der Waals surface area contributed by atoms with Gasteiger partial charge in [-0.1, -0.05) is 29.8 Å². The van der Waals surface area contributed by atoms with Crippen molar-refractivity contribution in [2.75, 3.05) is 18.5 Å². The zero-order chi connectivity index (χ0) is 13.7. The molecule has 0 radical (unpaired) electrons. The molecule has 0 atom stereocenters. The second-order valence-corrected chi connectivity index (χ2v) is 4.85. The third-order valence-corrected chi connectivity index (χ3v) is 3.41. The highest BCUT2D eigenvalue weighted by Crippen LogP contribution is 2.28. The molecular formula is C15H18ClN3. The van der Waals surface area contributed by atoms with Crippen LogP contribution in [0.2, 0.25) is 5.02 Å². The third kappa shape index (κ3) is 3.46. The fraction of sp³-hybridized carbons (Fsp3) is 0.267. The van der Waals surface area contributed by atoms with Crippen LogP contribution in [0.1, 0.15) is 11.3 Å². The van der Waals surface area contributed by atoms with Gasteiger partial charge in [-0.15, -0.1) is 0 Å². The van der Waals surface area contributed by atoms with E-state index in [1.807, 2.05) is 49.6 Å². The number of para-hydroxylation sites is 1. The zero-order valence-electron chi connectivity index (χ0n) is 11.0. The molecule has 1 heterocycles. The van der Waals surface area contributed by atoms with Crippen molar-refractivity contribution in [1.29, 1.82) is 0 Å². The molecule has 0 spiro atoms. The molecule has 0 bridgehead atoms. The molecule has 0 aliphatic rings. The Morgan fingerprint density at radius 2 is 2.05 bits per heavy atom. The number of nitrogens with two attached hydrogens (primary N) is 1. The van der Waals surface area contributed by atoms with Crippen LogP contribution in [0.5, 0.6) is 0 Å². The molecule has 0 aliphatic carbocycles. The second kappa shape index (κ2) is 6.55. The van der Waals surface area contributed by atoms with Gasteiger partial charge in [-0.05, 0) is 23.8 Å². The summed E-state index contributed by atoms with van der Waals surface area (Å²) in [7, 11) is 2.03. The molecule has 2 N–H and O–H groups in total. The fourth-order valence-electron chi connectivity index (χ4n) is 2.09. The summed E-state index contributed by atoms with van der Waals surface area (Å²) in [4.78, 5) is 6.46. The fourth-order valence-corrected chi connectivity index (χ4v) is 2.43. The number of anilines is 1. The maximum absolute atomic E-state index is 6.27. The lowest BCUT2D eigenvalue weighted by atomic mass is 10.1. The number of rotatable bonds is 5. The van der Waals surface area contributed by atoms with Crippen LogP contribution in [0.4, 0.5) is 5.69 Å². The SMILES string of the molecule is CN(CCc1ccccn1)c1c(Cl)cccc1CN. The van der Waals surface area contributed by atoms with E-state index in [4.69, 9.17) is 17.3 Å². The monoisotopic (exact) mass is 275 g/mol. The van der Waals surface area contributed by atoms with E-state index >= 15 is 0 Å². The number of benzene rings is 1. The van der Waals surface area contributed by atoms with Gasteiger partial charge in [-0.25, -0.2) is 0 Å². The van der Waals surface area contributed by atoms with Crippen molar-refractivity contribution >= 4 is 17.3 Å². The van der Waals surface area contributed by atoms with E-state index in [9.17, 15) is 0 Å². The summed E-state index contributed by atoms with van der Waals surface area (Å²) in [6.07, 6.45) is 2.70. The van der Waals surface area contributed by atoms with Crippen molar-refractivity contribution in [2.24, 2.45) is 5.73 Å². The van der Waals surface area contributed by atoms with Gasteiger partial charge >= 0.3 is 0 Å². The van der Waals surface area contributed by atoms with E-state index in [1.165, 1.54) is 0 Å². The van der Waals surface area contributed by atoms with Crippen LogP contribution in [0.15, 0.2) is 42.6 Å². The first kappa shape index (κ1) is 13.8. The molecule has 4 heteroatoms. The first-order valence-electron chi connectivity index (χ1n) is 6.31. The normalized spacial score (nSPS) is 10.5. The minimum atomic E-state index is 0.490. The third-order valence-electron chi connectivity index (χ3n) is 3.10. The summed E-state index contributed by atoms with van der Waals surface area (Å²) in [6.45, 7) is 1.34. The minimum absolute atomic E-state index is 0.490. The lowest BCUT2D eigenvalue weighted by Gasteiger charge is -2.23. The van der Waals surface area contributed by atoms with Crippen LogP contribution >= 0.6 is 11.6 Å². The van der Waals surface area contributed by atoms with Crippen molar-refractivity contribution in [1.82, 2.24) is 4.98 Å². The first-order chi connectivity index (χ1) is 9.22. The summed E-state index contributed by atoms with van der Waals surface area (Å²) >= 11 is 6.27. The number of halogens is 1. The molecule has 0 saturated heterocycles. The van der Waals surface area contributed by atoms with Crippen LogP contribution in [0, 0.1) is 0 Å². The summed E-state index contributed by atoms with van der Waals surface area (Å²) in [5, 5.41) is 0.742. The summed E-state index contributed by atoms with van der Waals surface area (Å²) < 4.78 is 0. The Labute approximate surface area is 119 Å². The maximum atomic E-state index is 6.27. The van der Waals surface area contributed by atoms with Crippen molar-refractivity contribution in [3.63, 3.8) is 0 Å². The molecule has 0 aliphatic heterocycles. The zero-order valence-corrected chi connectivity index (χ0v) is 11.8. The molecule has 0 fully saturated rings. The highest BCUT2D eigenvalue weighted by atomic mass is 35.5. The number of likely N-dealkylation sites (N-methyl/N-ethyl adjacent to an activating group) is 1. The number of pyridine rings is 1. The molecule has 19 heavy (non-hydrogen) atoms. The lowest BCUT2D eigenvalue weighted by molar-refractivity contribution is 0.844. The van der Waals surface area contributed by atoms with Crippen LogP contribution in [-0.2, 0) is 13.0 Å². The van der Waals surface area contributed by atoms with E-state index in [-0.39, 0.29) is 0 Å². The van der Waals surface area contributed by atoms with E-state index in [1.54, 1.807) is 0 Å². The predicted molar refractivity (Wildman–Crippen MR) is 80.6 cm³/mol. The number of aromatic nitrogens is 1. The highest BCUT2D eigenvalue weighted by Gasteiger charge is 2.10. The largest absolute Gasteiger partial charge is 0.373 e. The average Bonchev–Trinajstić information content (AvgIpc) is 2.45. The van der Waals surface area contributed by atoms with Crippen molar-refractivity contribution in [2.45, 2.75) is 13.0 Å². The van der Waals surface area contributed by atoms with Crippen molar-refractivity contribution in [3.05, 3.63) is 58.9 Å². The lowest BCUT2D eigenvalue weighted by Crippen LogP contribution is -2.23.